The van der Waals surface area contributed by atoms with Crippen LogP contribution in [0, 0.1) is 23.2 Å². The van der Waals surface area contributed by atoms with Gasteiger partial charge in [0, 0.05) is 25.5 Å². The number of likely N-dealkylation sites (N-methyl/N-ethyl adjacent to an activating group) is 1. The van der Waals surface area contributed by atoms with Crippen molar-refractivity contribution >= 4 is 11.7 Å². The number of nitrogens with zero attached hydrogens (tertiary/aromatic N) is 1. The lowest BCUT2D eigenvalue weighted by atomic mass is 9.62. The molecule has 118 valence electrons. The van der Waals surface area contributed by atoms with Crippen molar-refractivity contribution in [1.29, 1.82) is 0 Å². The third-order valence-electron chi connectivity index (χ3n) is 5.70. The van der Waals surface area contributed by atoms with E-state index >= 15 is 0 Å². The predicted octanol–water partition coefficient (Wildman–Crippen LogP) is 2.98. The van der Waals surface area contributed by atoms with Crippen LogP contribution in [0.25, 0.3) is 0 Å². The summed E-state index contributed by atoms with van der Waals surface area (Å²) < 4.78 is 0. The van der Waals surface area contributed by atoms with E-state index in [1.165, 1.54) is 12.2 Å². The minimum absolute atomic E-state index is 0.120. The SMILES string of the molecule is CON(C)C(=O)C=CC(C)C1CCC2C(=O)CCCC21C. The molecule has 0 aromatic carbocycles. The Morgan fingerprint density at radius 2 is 2.19 bits per heavy atom. The lowest BCUT2D eigenvalue weighted by molar-refractivity contribution is -0.162. The summed E-state index contributed by atoms with van der Waals surface area (Å²) in [6, 6.07) is 0. The Morgan fingerprint density at radius 3 is 2.86 bits per heavy atom. The monoisotopic (exact) mass is 293 g/mol. The van der Waals surface area contributed by atoms with Gasteiger partial charge < -0.3 is 0 Å². The molecule has 4 atom stereocenters. The summed E-state index contributed by atoms with van der Waals surface area (Å²) >= 11 is 0. The van der Waals surface area contributed by atoms with Crippen LogP contribution < -0.4 is 0 Å². The van der Waals surface area contributed by atoms with Crippen LogP contribution in [0.15, 0.2) is 12.2 Å². The zero-order chi connectivity index (χ0) is 15.6. The molecule has 2 saturated carbocycles. The minimum Gasteiger partial charge on any atom is -0.299 e. The first-order valence-corrected chi connectivity index (χ1v) is 7.93. The van der Waals surface area contributed by atoms with Crippen LogP contribution in [0.2, 0.25) is 0 Å². The molecule has 2 aliphatic rings. The molecular weight excluding hydrogens is 266 g/mol. The Kier molecular flexibility index (Phi) is 4.87. The van der Waals surface area contributed by atoms with Gasteiger partial charge in [-0.25, -0.2) is 5.06 Å². The number of carbonyl (C=O) groups excluding carboxylic acids is 2. The number of ketones is 1. The summed E-state index contributed by atoms with van der Waals surface area (Å²) in [5, 5.41) is 1.21. The van der Waals surface area contributed by atoms with E-state index in [4.69, 9.17) is 4.84 Å². The molecule has 0 aliphatic heterocycles. The molecule has 0 bridgehead atoms. The highest BCUT2D eigenvalue weighted by atomic mass is 16.7. The van der Waals surface area contributed by atoms with E-state index in [-0.39, 0.29) is 17.2 Å². The third kappa shape index (κ3) is 3.05. The van der Waals surface area contributed by atoms with E-state index in [1.807, 2.05) is 6.08 Å². The van der Waals surface area contributed by atoms with Crippen molar-refractivity contribution in [1.82, 2.24) is 5.06 Å². The van der Waals surface area contributed by atoms with Crippen molar-refractivity contribution in [3.05, 3.63) is 12.2 Å². The number of hydroxylamine groups is 2. The summed E-state index contributed by atoms with van der Waals surface area (Å²) in [6.45, 7) is 4.44. The summed E-state index contributed by atoms with van der Waals surface area (Å²) in [5.41, 5.74) is 0.120. The summed E-state index contributed by atoms with van der Waals surface area (Å²) in [5.74, 6) is 1.34. The van der Waals surface area contributed by atoms with Gasteiger partial charge in [-0.15, -0.1) is 0 Å². The van der Waals surface area contributed by atoms with Gasteiger partial charge in [-0.1, -0.05) is 19.9 Å². The third-order valence-corrected chi connectivity index (χ3v) is 5.70. The highest BCUT2D eigenvalue weighted by Gasteiger charge is 2.51. The maximum Gasteiger partial charge on any atom is 0.269 e. The van der Waals surface area contributed by atoms with E-state index < -0.39 is 0 Å². The first-order valence-electron chi connectivity index (χ1n) is 7.93. The molecule has 0 aromatic rings. The van der Waals surface area contributed by atoms with Crippen LogP contribution >= 0.6 is 0 Å². The molecule has 0 N–H and O–H groups in total. The number of Topliss-reactive ketones (excluding diaryl/α,β-unsaturated/α-hetero) is 1. The molecular formula is C17H27NO3. The van der Waals surface area contributed by atoms with Crippen LogP contribution in [0.5, 0.6) is 0 Å². The topological polar surface area (TPSA) is 46.6 Å². The van der Waals surface area contributed by atoms with Gasteiger partial charge in [0.1, 0.15) is 5.78 Å². The standard InChI is InChI=1S/C17H27NO3/c1-12(7-10-16(20)18(3)21-4)13-8-9-14-15(19)6-5-11-17(13,14)2/h7,10,12-14H,5-6,8-9,11H2,1-4H3. The normalized spacial score (nSPS) is 34.0. The van der Waals surface area contributed by atoms with E-state index in [1.54, 1.807) is 13.1 Å². The molecule has 0 heterocycles. The van der Waals surface area contributed by atoms with Crippen molar-refractivity contribution in [2.24, 2.45) is 23.2 Å². The summed E-state index contributed by atoms with van der Waals surface area (Å²) in [4.78, 5) is 28.8. The van der Waals surface area contributed by atoms with Crippen molar-refractivity contribution in [3.63, 3.8) is 0 Å². The zero-order valence-corrected chi connectivity index (χ0v) is 13.6. The zero-order valence-electron chi connectivity index (χ0n) is 13.6. The maximum atomic E-state index is 12.1. The molecule has 0 saturated heterocycles. The highest BCUT2D eigenvalue weighted by molar-refractivity contribution is 5.86. The van der Waals surface area contributed by atoms with Gasteiger partial charge in [0.05, 0.1) is 7.11 Å². The second kappa shape index (κ2) is 6.30. The van der Waals surface area contributed by atoms with Crippen molar-refractivity contribution in [2.75, 3.05) is 14.2 Å². The first kappa shape index (κ1) is 16.2. The number of allylic oxidation sites excluding steroid dienone is 1. The fourth-order valence-corrected chi connectivity index (χ4v) is 4.40. The van der Waals surface area contributed by atoms with Gasteiger partial charge in [-0.2, -0.15) is 0 Å². The number of hydrogen-bond donors (Lipinski definition) is 0. The number of hydrogen-bond acceptors (Lipinski definition) is 3. The van der Waals surface area contributed by atoms with Crippen LogP contribution in [0.1, 0.15) is 46.0 Å². The van der Waals surface area contributed by atoms with Crippen molar-refractivity contribution < 1.29 is 14.4 Å². The van der Waals surface area contributed by atoms with Crippen molar-refractivity contribution in [2.45, 2.75) is 46.0 Å². The molecule has 0 radical (unpaired) electrons. The van der Waals surface area contributed by atoms with Gasteiger partial charge in [0.25, 0.3) is 5.91 Å². The van der Waals surface area contributed by atoms with Crippen LogP contribution in [-0.4, -0.2) is 30.9 Å². The average molecular weight is 293 g/mol. The molecule has 0 aromatic heterocycles. The second-order valence-corrected chi connectivity index (χ2v) is 6.80. The number of fused-ring (bicyclic) bond motifs is 1. The summed E-state index contributed by atoms with van der Waals surface area (Å²) in [7, 11) is 3.08. The lowest BCUT2D eigenvalue weighted by Gasteiger charge is -2.41. The Balaban J connectivity index is 2.06. The quantitative estimate of drug-likeness (QED) is 0.591. The Labute approximate surface area is 127 Å². The molecule has 21 heavy (non-hydrogen) atoms. The van der Waals surface area contributed by atoms with Gasteiger partial charge in [0.15, 0.2) is 0 Å². The van der Waals surface area contributed by atoms with E-state index in [0.717, 1.165) is 32.1 Å². The minimum atomic E-state index is -0.149. The molecule has 2 aliphatic carbocycles. The first-order chi connectivity index (χ1) is 9.90. The maximum absolute atomic E-state index is 12.1. The van der Waals surface area contributed by atoms with E-state index in [9.17, 15) is 9.59 Å². The van der Waals surface area contributed by atoms with Crippen LogP contribution in [0.4, 0.5) is 0 Å². The molecule has 4 heteroatoms. The van der Waals surface area contributed by atoms with Gasteiger partial charge in [0.2, 0.25) is 0 Å². The fraction of sp³-hybridized carbons (Fsp3) is 0.765. The van der Waals surface area contributed by atoms with Gasteiger partial charge >= 0.3 is 0 Å². The lowest BCUT2D eigenvalue weighted by Crippen LogP contribution is -2.39. The Bertz CT molecular complexity index is 445. The number of amides is 1. The van der Waals surface area contributed by atoms with Crippen LogP contribution in [0.3, 0.4) is 0 Å². The van der Waals surface area contributed by atoms with Crippen molar-refractivity contribution in [3.8, 4) is 0 Å². The van der Waals surface area contributed by atoms with Gasteiger partial charge in [-0.05, 0) is 42.9 Å². The van der Waals surface area contributed by atoms with Gasteiger partial charge in [-0.3, -0.25) is 14.4 Å². The smallest absolute Gasteiger partial charge is 0.269 e. The van der Waals surface area contributed by atoms with Crippen LogP contribution in [-0.2, 0) is 14.4 Å². The molecule has 0 spiro atoms. The molecule has 4 nitrogen and oxygen atoms in total. The molecule has 2 rings (SSSR count). The second-order valence-electron chi connectivity index (χ2n) is 6.80. The van der Waals surface area contributed by atoms with E-state index in [2.05, 4.69) is 13.8 Å². The molecule has 4 unspecified atom stereocenters. The Morgan fingerprint density at radius 1 is 1.48 bits per heavy atom. The number of carbonyl (C=O) groups is 2. The Hall–Kier alpha value is -1.16. The number of rotatable bonds is 4. The van der Waals surface area contributed by atoms with E-state index in [0.29, 0.717) is 17.6 Å². The highest BCUT2D eigenvalue weighted by Crippen LogP contribution is 2.56. The largest absolute Gasteiger partial charge is 0.299 e. The summed E-state index contributed by atoms with van der Waals surface area (Å²) in [6.07, 6.45) is 8.60. The fourth-order valence-electron chi connectivity index (χ4n) is 4.40. The molecule has 2 fully saturated rings. The predicted molar refractivity (Wildman–Crippen MR) is 81.3 cm³/mol. The average Bonchev–Trinajstić information content (AvgIpc) is 2.82. The molecule has 1 amide bonds.